The van der Waals surface area contributed by atoms with Gasteiger partial charge in [0.1, 0.15) is 17.3 Å². The molecule has 0 aliphatic carbocycles. The molecule has 5 heterocycles. The molecule has 184 valence electrons. The zero-order valence-corrected chi connectivity index (χ0v) is 20.3. The van der Waals surface area contributed by atoms with Crippen molar-refractivity contribution in [2.45, 2.75) is 6.54 Å². The van der Waals surface area contributed by atoms with Gasteiger partial charge >= 0.3 is 0 Å². The molecule has 37 heavy (non-hydrogen) atoms. The summed E-state index contributed by atoms with van der Waals surface area (Å²) in [4.78, 5) is 9.85. The molecule has 3 aromatic heterocycles. The Morgan fingerprint density at radius 3 is 2.30 bits per heavy atom. The van der Waals surface area contributed by atoms with E-state index >= 15 is 0 Å². The molecule has 2 saturated heterocycles. The molecule has 0 saturated carbocycles. The Labute approximate surface area is 214 Å². The first kappa shape index (κ1) is 22.1. The van der Waals surface area contributed by atoms with Crippen molar-refractivity contribution in [3.8, 4) is 22.5 Å². The number of nitrogens with zero attached hydrogens (tertiary/aromatic N) is 7. The molecule has 2 aliphatic rings. The summed E-state index contributed by atoms with van der Waals surface area (Å²) in [6.45, 7) is 5.25. The number of imidazole rings is 1. The first-order valence-corrected chi connectivity index (χ1v) is 12.7. The lowest BCUT2D eigenvalue weighted by atomic mass is 10.0. The van der Waals surface area contributed by atoms with Crippen LogP contribution in [0.25, 0.3) is 28.2 Å². The lowest BCUT2D eigenvalue weighted by Gasteiger charge is -2.22. The molecule has 7 rings (SSSR count). The third-order valence-corrected chi connectivity index (χ3v) is 7.57. The summed E-state index contributed by atoms with van der Waals surface area (Å²) in [5, 5.41) is 13.1. The molecule has 7 nitrogen and oxygen atoms in total. The predicted octanol–water partition coefficient (Wildman–Crippen LogP) is 4.56. The van der Waals surface area contributed by atoms with E-state index in [2.05, 4.69) is 56.4 Å². The number of hydrogen-bond acceptors (Lipinski definition) is 6. The molecule has 8 heteroatoms. The number of halogens is 1. The minimum atomic E-state index is -0.276. The predicted molar refractivity (Wildman–Crippen MR) is 140 cm³/mol. The van der Waals surface area contributed by atoms with Crippen molar-refractivity contribution in [2.75, 3.05) is 31.1 Å². The van der Waals surface area contributed by atoms with E-state index in [9.17, 15) is 4.39 Å². The second-order valence-electron chi connectivity index (χ2n) is 10.0. The van der Waals surface area contributed by atoms with Crippen LogP contribution in [0.15, 0.2) is 85.2 Å². The lowest BCUT2D eigenvalue weighted by Crippen LogP contribution is -2.29. The monoisotopic (exact) mass is 491 g/mol. The van der Waals surface area contributed by atoms with Gasteiger partial charge < -0.3 is 4.90 Å². The summed E-state index contributed by atoms with van der Waals surface area (Å²) < 4.78 is 15.5. The van der Waals surface area contributed by atoms with Crippen molar-refractivity contribution in [1.29, 1.82) is 0 Å². The van der Waals surface area contributed by atoms with E-state index < -0.39 is 0 Å². The van der Waals surface area contributed by atoms with Crippen molar-refractivity contribution >= 4 is 11.5 Å². The number of likely N-dealkylation sites (tertiary alicyclic amines) is 1. The van der Waals surface area contributed by atoms with Crippen LogP contribution < -0.4 is 4.90 Å². The maximum Gasteiger partial charge on any atom is 0.155 e. The average molecular weight is 492 g/mol. The Hall–Kier alpha value is -4.17. The molecular formula is C29H26FN7. The lowest BCUT2D eigenvalue weighted by molar-refractivity contribution is 0.308. The fourth-order valence-corrected chi connectivity index (χ4v) is 5.84. The summed E-state index contributed by atoms with van der Waals surface area (Å²) in [5.74, 6) is 1.95. The zero-order chi connectivity index (χ0) is 24.8. The van der Waals surface area contributed by atoms with E-state index in [1.807, 2.05) is 16.6 Å². The summed E-state index contributed by atoms with van der Waals surface area (Å²) in [7, 11) is 0. The fourth-order valence-electron chi connectivity index (χ4n) is 5.84. The first-order chi connectivity index (χ1) is 18.2. The van der Waals surface area contributed by atoms with Gasteiger partial charge in [-0.05, 0) is 59.9 Å². The average Bonchev–Trinajstić information content (AvgIpc) is 3.61. The van der Waals surface area contributed by atoms with Gasteiger partial charge in [-0.15, -0.1) is 5.10 Å². The summed E-state index contributed by atoms with van der Waals surface area (Å²) in [5.41, 5.74) is 5.38. The Bertz CT molecular complexity index is 1520. The highest BCUT2D eigenvalue weighted by molar-refractivity contribution is 5.81. The van der Waals surface area contributed by atoms with Crippen molar-refractivity contribution < 1.29 is 4.39 Å². The smallest absolute Gasteiger partial charge is 0.155 e. The Morgan fingerprint density at radius 2 is 1.57 bits per heavy atom. The van der Waals surface area contributed by atoms with E-state index in [0.29, 0.717) is 11.8 Å². The molecule has 2 aliphatic heterocycles. The minimum Gasteiger partial charge on any atom is -0.355 e. The molecule has 0 amide bonds. The van der Waals surface area contributed by atoms with Gasteiger partial charge in [-0.2, -0.15) is 10.2 Å². The molecule has 2 aromatic carbocycles. The molecule has 0 spiro atoms. The van der Waals surface area contributed by atoms with Crippen LogP contribution in [0.4, 0.5) is 10.2 Å². The number of hydrogen-bond donors (Lipinski definition) is 0. The second-order valence-corrected chi connectivity index (χ2v) is 10.0. The van der Waals surface area contributed by atoms with Gasteiger partial charge in [0.15, 0.2) is 5.65 Å². The van der Waals surface area contributed by atoms with Crippen molar-refractivity contribution in [1.82, 2.24) is 29.7 Å². The maximum absolute atomic E-state index is 13.6. The Kier molecular flexibility index (Phi) is 5.39. The van der Waals surface area contributed by atoms with E-state index in [-0.39, 0.29) is 5.82 Å². The van der Waals surface area contributed by atoms with Gasteiger partial charge in [0.25, 0.3) is 0 Å². The molecule has 0 radical (unpaired) electrons. The van der Waals surface area contributed by atoms with Crippen LogP contribution in [0, 0.1) is 17.7 Å². The first-order valence-electron chi connectivity index (χ1n) is 12.7. The Balaban J connectivity index is 1.18. The quantitative estimate of drug-likeness (QED) is 0.359. The second kappa shape index (κ2) is 9.05. The molecule has 2 atom stereocenters. The van der Waals surface area contributed by atoms with Crippen LogP contribution in [-0.4, -0.2) is 55.9 Å². The topological polar surface area (TPSA) is 62.5 Å². The fraction of sp³-hybridized carbons (Fsp3) is 0.241. The normalized spacial score (nSPS) is 19.5. The highest BCUT2D eigenvalue weighted by atomic mass is 19.1. The third kappa shape index (κ3) is 4.13. The highest BCUT2D eigenvalue weighted by Crippen LogP contribution is 2.36. The Morgan fingerprint density at radius 1 is 0.784 bits per heavy atom. The third-order valence-electron chi connectivity index (χ3n) is 7.57. The number of fused-ring (bicyclic) bond motifs is 2. The number of rotatable bonds is 5. The molecule has 5 aromatic rings. The van der Waals surface area contributed by atoms with Crippen molar-refractivity contribution in [3.05, 3.63) is 96.6 Å². The highest BCUT2D eigenvalue weighted by Gasteiger charge is 2.40. The van der Waals surface area contributed by atoms with Crippen LogP contribution in [-0.2, 0) is 6.54 Å². The van der Waals surface area contributed by atoms with Crippen LogP contribution in [0.2, 0.25) is 0 Å². The van der Waals surface area contributed by atoms with Crippen LogP contribution >= 0.6 is 0 Å². The van der Waals surface area contributed by atoms with Crippen LogP contribution in [0.5, 0.6) is 0 Å². The van der Waals surface area contributed by atoms with E-state index in [0.717, 1.165) is 66.7 Å². The SMILES string of the molecule is Fc1ccc(-c2nc3ccc(N4CC5CN(Cc6ccccc6)CC5C4)nn3c2-c2ccnnc2)cc1. The van der Waals surface area contributed by atoms with Gasteiger partial charge in [-0.25, -0.2) is 13.9 Å². The minimum absolute atomic E-state index is 0.276. The number of anilines is 1. The van der Waals surface area contributed by atoms with Gasteiger partial charge in [-0.3, -0.25) is 4.90 Å². The largest absolute Gasteiger partial charge is 0.355 e. The summed E-state index contributed by atoms with van der Waals surface area (Å²) in [6, 6.07) is 23.1. The number of aromatic nitrogens is 5. The molecule has 2 fully saturated rings. The summed E-state index contributed by atoms with van der Waals surface area (Å²) >= 11 is 0. The van der Waals surface area contributed by atoms with Crippen LogP contribution in [0.3, 0.4) is 0 Å². The standard InChI is InChI=1S/C29H26FN7/c30-25-8-6-21(7-9-25)28-29(22-12-13-31-32-14-22)37-26(33-28)10-11-27(34-37)36-18-23-16-35(17-24(23)19-36)15-20-4-2-1-3-5-20/h1-14,23-24H,15-19H2. The maximum atomic E-state index is 13.6. The van der Waals surface area contributed by atoms with Gasteiger partial charge in [-0.1, -0.05) is 30.3 Å². The van der Waals surface area contributed by atoms with Crippen molar-refractivity contribution in [2.24, 2.45) is 11.8 Å². The molecule has 0 N–H and O–H groups in total. The van der Waals surface area contributed by atoms with E-state index in [1.165, 1.54) is 17.7 Å². The van der Waals surface area contributed by atoms with Crippen LogP contribution in [0.1, 0.15) is 5.56 Å². The van der Waals surface area contributed by atoms with Crippen molar-refractivity contribution in [3.63, 3.8) is 0 Å². The van der Waals surface area contributed by atoms with Gasteiger partial charge in [0, 0.05) is 43.9 Å². The van der Waals surface area contributed by atoms with Gasteiger partial charge in [0.2, 0.25) is 0 Å². The van der Waals surface area contributed by atoms with E-state index in [1.54, 1.807) is 24.5 Å². The molecular weight excluding hydrogens is 465 g/mol. The summed E-state index contributed by atoms with van der Waals surface area (Å²) in [6.07, 6.45) is 3.38. The molecule has 2 unspecified atom stereocenters. The van der Waals surface area contributed by atoms with Gasteiger partial charge in [0.05, 0.1) is 18.1 Å². The van der Waals surface area contributed by atoms with E-state index in [4.69, 9.17) is 10.1 Å². The molecule has 0 bridgehead atoms. The zero-order valence-electron chi connectivity index (χ0n) is 20.3. The number of benzene rings is 2.